The van der Waals surface area contributed by atoms with Crippen LogP contribution in [0.15, 0.2) is 59.2 Å². The maximum atomic E-state index is 10.5. The van der Waals surface area contributed by atoms with Gasteiger partial charge < -0.3 is 15.5 Å². The van der Waals surface area contributed by atoms with Gasteiger partial charge in [0.2, 0.25) is 0 Å². The van der Waals surface area contributed by atoms with Crippen molar-refractivity contribution >= 4 is 27.4 Å². The molecule has 2 aliphatic rings. The first kappa shape index (κ1) is 23.3. The maximum Gasteiger partial charge on any atom is 0.172 e. The Morgan fingerprint density at radius 3 is 2.72 bits per heavy atom. The van der Waals surface area contributed by atoms with E-state index in [4.69, 9.17) is 4.98 Å². The number of likely N-dealkylation sites (tertiary alicyclic amines) is 1. The molecule has 186 valence electrons. The third-order valence-corrected chi connectivity index (χ3v) is 7.89. The molecule has 2 aromatic carbocycles. The molecule has 7 nitrogen and oxygen atoms in total. The van der Waals surface area contributed by atoms with Gasteiger partial charge in [-0.1, -0.05) is 24.3 Å². The topological polar surface area (TPSA) is 85.9 Å². The molecule has 8 heteroatoms. The number of aromatic hydroxyl groups is 2. The van der Waals surface area contributed by atoms with Crippen molar-refractivity contribution in [2.75, 3.05) is 25.0 Å². The molecule has 0 radical (unpaired) electrons. The van der Waals surface area contributed by atoms with Crippen molar-refractivity contribution in [3.63, 3.8) is 0 Å². The van der Waals surface area contributed by atoms with Crippen molar-refractivity contribution < 1.29 is 10.2 Å². The Morgan fingerprint density at radius 1 is 1.03 bits per heavy atom. The zero-order valence-electron chi connectivity index (χ0n) is 20.1. The Balaban J connectivity index is 1.18. The van der Waals surface area contributed by atoms with Crippen LogP contribution in [0.4, 0.5) is 5.82 Å². The number of phenols is 2. The molecule has 2 aromatic heterocycles. The highest BCUT2D eigenvalue weighted by molar-refractivity contribution is 9.10. The molecule has 4 aromatic rings. The van der Waals surface area contributed by atoms with Gasteiger partial charge in [0, 0.05) is 36.8 Å². The predicted molar refractivity (Wildman–Crippen MR) is 144 cm³/mol. The lowest BCUT2D eigenvalue weighted by molar-refractivity contribution is 0.171. The summed E-state index contributed by atoms with van der Waals surface area (Å²) in [6, 6.07) is 15.3. The van der Waals surface area contributed by atoms with Crippen LogP contribution in [0.5, 0.6) is 11.5 Å². The van der Waals surface area contributed by atoms with E-state index in [-0.39, 0.29) is 5.75 Å². The van der Waals surface area contributed by atoms with Gasteiger partial charge in [0.15, 0.2) is 5.65 Å². The zero-order valence-corrected chi connectivity index (χ0v) is 21.7. The molecule has 36 heavy (non-hydrogen) atoms. The minimum Gasteiger partial charge on any atom is -0.508 e. The summed E-state index contributed by atoms with van der Waals surface area (Å²) >= 11 is 3.55. The average Bonchev–Trinajstić information content (AvgIpc) is 3.67. The SMILES string of the molecule is Oc1ccc(C2CC2)cc1CN1CCCC(CNc2cc(-c3ccccc3O)nc3c(Br)cnn23)C1. The summed E-state index contributed by atoms with van der Waals surface area (Å²) in [5.74, 6) is 2.61. The zero-order chi connectivity index (χ0) is 24.6. The van der Waals surface area contributed by atoms with E-state index in [0.717, 1.165) is 54.9 Å². The van der Waals surface area contributed by atoms with Crippen LogP contribution in [0.1, 0.15) is 42.7 Å². The summed E-state index contributed by atoms with van der Waals surface area (Å²) in [5, 5.41) is 28.9. The molecular formula is C28H30BrN5O2. The lowest BCUT2D eigenvalue weighted by Crippen LogP contribution is -2.37. The number of anilines is 1. The van der Waals surface area contributed by atoms with Gasteiger partial charge in [0.1, 0.15) is 17.3 Å². The Labute approximate surface area is 218 Å². The molecule has 1 unspecified atom stereocenters. The smallest absolute Gasteiger partial charge is 0.172 e. The van der Waals surface area contributed by atoms with Crippen molar-refractivity contribution in [2.24, 2.45) is 5.92 Å². The number of halogens is 1. The van der Waals surface area contributed by atoms with Crippen molar-refractivity contribution in [2.45, 2.75) is 38.1 Å². The highest BCUT2D eigenvalue weighted by Gasteiger charge is 2.25. The fraction of sp³-hybridized carbons (Fsp3) is 0.357. The highest BCUT2D eigenvalue weighted by Crippen LogP contribution is 2.41. The Hall–Kier alpha value is -3.10. The number of piperidine rings is 1. The molecule has 0 bridgehead atoms. The van der Waals surface area contributed by atoms with Crippen LogP contribution < -0.4 is 5.32 Å². The number of aromatic nitrogens is 3. The molecule has 3 N–H and O–H groups in total. The second-order valence-corrected chi connectivity index (χ2v) is 10.9. The Bertz CT molecular complexity index is 1400. The number of nitrogens with one attached hydrogen (secondary N) is 1. The van der Waals surface area contributed by atoms with Crippen LogP contribution in [0.2, 0.25) is 0 Å². The molecule has 3 heterocycles. The van der Waals surface area contributed by atoms with E-state index in [1.807, 2.05) is 30.3 Å². The van der Waals surface area contributed by atoms with Gasteiger partial charge in [-0.3, -0.25) is 4.90 Å². The van der Waals surface area contributed by atoms with Gasteiger partial charge in [-0.2, -0.15) is 9.61 Å². The molecule has 6 rings (SSSR count). The van der Waals surface area contributed by atoms with Gasteiger partial charge in [-0.05, 0) is 83.8 Å². The van der Waals surface area contributed by atoms with Gasteiger partial charge in [0.05, 0.1) is 16.4 Å². The molecule has 1 saturated carbocycles. The molecule has 1 atom stereocenters. The summed E-state index contributed by atoms with van der Waals surface area (Å²) in [5.41, 5.74) is 4.49. The first-order chi connectivity index (χ1) is 17.5. The number of para-hydroxylation sites is 1. The second kappa shape index (κ2) is 9.75. The van der Waals surface area contributed by atoms with Crippen LogP contribution in [0.25, 0.3) is 16.9 Å². The van der Waals surface area contributed by atoms with Gasteiger partial charge >= 0.3 is 0 Å². The predicted octanol–water partition coefficient (Wildman–Crippen LogP) is 5.77. The largest absolute Gasteiger partial charge is 0.508 e. The monoisotopic (exact) mass is 547 g/mol. The minimum atomic E-state index is 0.202. The molecule has 0 amide bonds. The van der Waals surface area contributed by atoms with Crippen molar-refractivity contribution in [3.05, 3.63) is 70.3 Å². The number of phenolic OH excluding ortho intramolecular Hbond substituents is 2. The van der Waals surface area contributed by atoms with E-state index in [0.29, 0.717) is 34.5 Å². The minimum absolute atomic E-state index is 0.202. The molecule has 1 saturated heterocycles. The first-order valence-electron chi connectivity index (χ1n) is 12.7. The standard InChI is InChI=1S/C28H30BrN5O2/c29-23-15-31-34-27(13-24(32-28(23)34)22-5-1-2-6-26(22)36)30-14-18-4-3-11-33(16-18)17-21-12-20(19-7-8-19)9-10-25(21)35/h1-2,5-6,9-10,12-13,15,18-19,30,35-36H,3-4,7-8,11,14,16-17H2. The van der Waals surface area contributed by atoms with E-state index in [1.165, 1.54) is 18.4 Å². The number of hydrogen-bond acceptors (Lipinski definition) is 6. The molecule has 1 aliphatic heterocycles. The lowest BCUT2D eigenvalue weighted by atomic mass is 9.97. The van der Waals surface area contributed by atoms with Crippen LogP contribution in [-0.4, -0.2) is 49.3 Å². The summed E-state index contributed by atoms with van der Waals surface area (Å²) in [4.78, 5) is 7.19. The summed E-state index contributed by atoms with van der Waals surface area (Å²) in [6.07, 6.45) is 6.57. The maximum absolute atomic E-state index is 10.5. The lowest BCUT2D eigenvalue weighted by Gasteiger charge is -2.33. The van der Waals surface area contributed by atoms with Crippen molar-refractivity contribution in [3.8, 4) is 22.8 Å². The number of benzene rings is 2. The van der Waals surface area contributed by atoms with Crippen LogP contribution in [0, 0.1) is 5.92 Å². The molecular weight excluding hydrogens is 518 g/mol. The van der Waals surface area contributed by atoms with Crippen molar-refractivity contribution in [1.29, 1.82) is 0 Å². The summed E-state index contributed by atoms with van der Waals surface area (Å²) < 4.78 is 2.61. The van der Waals surface area contributed by atoms with Crippen LogP contribution in [-0.2, 0) is 6.54 Å². The molecule has 2 fully saturated rings. The quantitative estimate of drug-likeness (QED) is 0.272. The second-order valence-electron chi connectivity index (χ2n) is 10.1. The Kier molecular flexibility index (Phi) is 6.31. The fourth-order valence-corrected chi connectivity index (χ4v) is 5.59. The van der Waals surface area contributed by atoms with E-state index >= 15 is 0 Å². The number of nitrogens with zero attached hydrogens (tertiary/aromatic N) is 4. The van der Waals surface area contributed by atoms with E-state index in [1.54, 1.807) is 16.8 Å². The Morgan fingerprint density at radius 2 is 1.89 bits per heavy atom. The van der Waals surface area contributed by atoms with E-state index in [9.17, 15) is 10.2 Å². The fourth-order valence-electron chi connectivity index (χ4n) is 5.24. The summed E-state index contributed by atoms with van der Waals surface area (Å²) in [6.45, 7) is 3.61. The van der Waals surface area contributed by atoms with Crippen LogP contribution in [0.3, 0.4) is 0 Å². The summed E-state index contributed by atoms with van der Waals surface area (Å²) in [7, 11) is 0. The number of rotatable bonds is 7. The average molecular weight is 548 g/mol. The third-order valence-electron chi connectivity index (χ3n) is 7.33. The van der Waals surface area contributed by atoms with Gasteiger partial charge in [-0.15, -0.1) is 0 Å². The number of hydrogen-bond donors (Lipinski definition) is 3. The highest BCUT2D eigenvalue weighted by atomic mass is 79.9. The molecule has 0 spiro atoms. The number of fused-ring (bicyclic) bond motifs is 1. The van der Waals surface area contributed by atoms with Gasteiger partial charge in [-0.25, -0.2) is 4.98 Å². The third kappa shape index (κ3) is 4.80. The molecule has 1 aliphatic carbocycles. The van der Waals surface area contributed by atoms with E-state index in [2.05, 4.69) is 43.4 Å². The van der Waals surface area contributed by atoms with E-state index < -0.39 is 0 Å². The van der Waals surface area contributed by atoms with Gasteiger partial charge in [0.25, 0.3) is 0 Å². The normalized spacial score (nSPS) is 18.5. The van der Waals surface area contributed by atoms with Crippen LogP contribution >= 0.6 is 15.9 Å². The van der Waals surface area contributed by atoms with Crippen molar-refractivity contribution in [1.82, 2.24) is 19.5 Å². The first-order valence-corrected chi connectivity index (χ1v) is 13.4.